The molecule has 1 saturated heterocycles. The predicted octanol–water partition coefficient (Wildman–Crippen LogP) is 1.91. The van der Waals surface area contributed by atoms with Gasteiger partial charge >= 0.3 is 5.97 Å². The third-order valence-electron chi connectivity index (χ3n) is 3.01. The first-order valence-electron chi connectivity index (χ1n) is 6.55. The number of nitrogens with zero attached hydrogens (tertiary/aromatic N) is 1. The SMILES string of the molecule is COC(=O)C[C@H]1SC(=O)N(CC(=O)Nc2ccc(Cl)cc2)C1=O. The highest BCUT2D eigenvalue weighted by molar-refractivity contribution is 8.15. The Labute approximate surface area is 141 Å². The Morgan fingerprint density at radius 2 is 1.96 bits per heavy atom. The summed E-state index contributed by atoms with van der Waals surface area (Å²) in [7, 11) is 1.20. The van der Waals surface area contributed by atoms with Crippen molar-refractivity contribution in [1.82, 2.24) is 4.90 Å². The first-order chi connectivity index (χ1) is 10.9. The largest absolute Gasteiger partial charge is 0.469 e. The van der Waals surface area contributed by atoms with Gasteiger partial charge in [-0.25, -0.2) is 0 Å². The van der Waals surface area contributed by atoms with Gasteiger partial charge in [-0.05, 0) is 24.3 Å². The minimum atomic E-state index is -0.849. The molecule has 1 aliphatic rings. The van der Waals surface area contributed by atoms with Gasteiger partial charge in [-0.2, -0.15) is 0 Å². The average molecular weight is 357 g/mol. The fourth-order valence-electron chi connectivity index (χ4n) is 1.88. The number of anilines is 1. The zero-order valence-electron chi connectivity index (χ0n) is 12.1. The Hall–Kier alpha value is -2.06. The van der Waals surface area contributed by atoms with Gasteiger partial charge in [0.25, 0.3) is 5.24 Å². The quantitative estimate of drug-likeness (QED) is 0.810. The van der Waals surface area contributed by atoms with E-state index in [4.69, 9.17) is 11.6 Å². The summed E-state index contributed by atoms with van der Waals surface area (Å²) in [5.41, 5.74) is 0.497. The molecule has 0 aromatic heterocycles. The number of carbonyl (C=O) groups excluding carboxylic acids is 4. The lowest BCUT2D eigenvalue weighted by molar-refractivity contribution is -0.142. The topological polar surface area (TPSA) is 92.8 Å². The van der Waals surface area contributed by atoms with Crippen molar-refractivity contribution >= 4 is 52.1 Å². The highest BCUT2D eigenvalue weighted by Gasteiger charge is 2.41. The van der Waals surface area contributed by atoms with E-state index < -0.39 is 34.8 Å². The van der Waals surface area contributed by atoms with E-state index in [0.717, 1.165) is 4.90 Å². The van der Waals surface area contributed by atoms with Crippen LogP contribution in [-0.2, 0) is 19.1 Å². The van der Waals surface area contributed by atoms with Gasteiger partial charge in [-0.3, -0.25) is 24.1 Å². The van der Waals surface area contributed by atoms with Crippen molar-refractivity contribution in [1.29, 1.82) is 0 Å². The van der Waals surface area contributed by atoms with Crippen molar-refractivity contribution in [2.45, 2.75) is 11.7 Å². The maximum atomic E-state index is 12.1. The van der Waals surface area contributed by atoms with Gasteiger partial charge in [0.15, 0.2) is 0 Å². The maximum Gasteiger partial charge on any atom is 0.307 e. The number of thioether (sulfide) groups is 1. The number of rotatable bonds is 5. The summed E-state index contributed by atoms with van der Waals surface area (Å²) in [5.74, 6) is -1.68. The molecule has 122 valence electrons. The monoisotopic (exact) mass is 356 g/mol. The summed E-state index contributed by atoms with van der Waals surface area (Å²) in [6, 6.07) is 6.41. The highest BCUT2D eigenvalue weighted by atomic mass is 35.5. The Kier molecular flexibility index (Phi) is 5.62. The van der Waals surface area contributed by atoms with Gasteiger partial charge in [-0.15, -0.1) is 0 Å². The Bertz CT molecular complexity index is 649. The molecule has 7 nitrogen and oxygen atoms in total. The predicted molar refractivity (Wildman–Crippen MR) is 85.2 cm³/mol. The molecule has 1 heterocycles. The Morgan fingerprint density at radius 1 is 1.30 bits per heavy atom. The number of hydrogen-bond acceptors (Lipinski definition) is 6. The second kappa shape index (κ2) is 7.47. The number of esters is 1. The highest BCUT2D eigenvalue weighted by Crippen LogP contribution is 2.29. The van der Waals surface area contributed by atoms with E-state index in [1.165, 1.54) is 7.11 Å². The third kappa shape index (κ3) is 4.46. The number of imide groups is 1. The lowest BCUT2D eigenvalue weighted by Crippen LogP contribution is -2.38. The van der Waals surface area contributed by atoms with E-state index in [9.17, 15) is 19.2 Å². The fraction of sp³-hybridized carbons (Fsp3) is 0.286. The molecule has 2 rings (SSSR count). The molecule has 0 bridgehead atoms. The molecule has 1 N–H and O–H groups in total. The Morgan fingerprint density at radius 3 is 2.57 bits per heavy atom. The van der Waals surface area contributed by atoms with Crippen LogP contribution in [0.25, 0.3) is 0 Å². The van der Waals surface area contributed by atoms with Crippen LogP contribution < -0.4 is 5.32 Å². The minimum Gasteiger partial charge on any atom is -0.469 e. The van der Waals surface area contributed by atoms with E-state index in [1.807, 2.05) is 0 Å². The minimum absolute atomic E-state index is 0.207. The second-order valence-electron chi connectivity index (χ2n) is 4.63. The molecule has 0 aliphatic carbocycles. The van der Waals surface area contributed by atoms with Crippen LogP contribution in [0.1, 0.15) is 6.42 Å². The fourth-order valence-corrected chi connectivity index (χ4v) is 2.98. The standard InChI is InChI=1S/C14H13ClN2O5S/c1-22-12(19)6-10-13(20)17(14(21)23-10)7-11(18)16-9-4-2-8(15)3-5-9/h2-5,10H,6-7H2,1H3,(H,16,18)/t10-/m1/s1. The zero-order chi connectivity index (χ0) is 17.0. The van der Waals surface area contributed by atoms with E-state index in [1.54, 1.807) is 24.3 Å². The first kappa shape index (κ1) is 17.3. The van der Waals surface area contributed by atoms with Gasteiger partial charge in [0.05, 0.1) is 13.5 Å². The molecule has 9 heteroatoms. The van der Waals surface area contributed by atoms with Crippen LogP contribution in [0.2, 0.25) is 5.02 Å². The van der Waals surface area contributed by atoms with E-state index in [0.29, 0.717) is 22.5 Å². The molecule has 0 radical (unpaired) electrons. The molecule has 23 heavy (non-hydrogen) atoms. The molecular formula is C14H13ClN2O5S. The van der Waals surface area contributed by atoms with E-state index in [-0.39, 0.29) is 6.42 Å². The summed E-state index contributed by atoms with van der Waals surface area (Å²) in [4.78, 5) is 47.9. The normalized spacial score (nSPS) is 17.3. The van der Waals surface area contributed by atoms with E-state index in [2.05, 4.69) is 10.1 Å². The van der Waals surface area contributed by atoms with E-state index >= 15 is 0 Å². The second-order valence-corrected chi connectivity index (χ2v) is 6.22. The molecule has 1 aliphatic heterocycles. The van der Waals surface area contributed by atoms with Crippen molar-refractivity contribution < 1.29 is 23.9 Å². The average Bonchev–Trinajstić information content (AvgIpc) is 2.77. The molecular weight excluding hydrogens is 344 g/mol. The van der Waals surface area contributed by atoms with Gasteiger partial charge in [0.1, 0.15) is 11.8 Å². The van der Waals surface area contributed by atoms with Gasteiger partial charge in [0, 0.05) is 10.7 Å². The van der Waals surface area contributed by atoms with Crippen LogP contribution in [0.5, 0.6) is 0 Å². The zero-order valence-corrected chi connectivity index (χ0v) is 13.6. The maximum absolute atomic E-state index is 12.1. The number of hydrogen-bond donors (Lipinski definition) is 1. The molecule has 1 atom stereocenters. The van der Waals surface area contributed by atoms with Crippen LogP contribution in [0.15, 0.2) is 24.3 Å². The third-order valence-corrected chi connectivity index (χ3v) is 4.34. The van der Waals surface area contributed by atoms with Crippen molar-refractivity contribution in [3.05, 3.63) is 29.3 Å². The smallest absolute Gasteiger partial charge is 0.307 e. The van der Waals surface area contributed by atoms with Crippen molar-refractivity contribution in [2.24, 2.45) is 0 Å². The van der Waals surface area contributed by atoms with Crippen molar-refractivity contribution in [3.63, 3.8) is 0 Å². The summed E-state index contributed by atoms with van der Waals surface area (Å²) in [6.45, 7) is -0.412. The van der Waals surface area contributed by atoms with Crippen LogP contribution in [0.4, 0.5) is 10.5 Å². The van der Waals surface area contributed by atoms with Gasteiger partial charge in [0.2, 0.25) is 11.8 Å². The molecule has 3 amide bonds. The number of benzene rings is 1. The van der Waals surface area contributed by atoms with Crippen LogP contribution in [0, 0.1) is 0 Å². The van der Waals surface area contributed by atoms with Crippen LogP contribution >= 0.6 is 23.4 Å². The molecule has 1 aromatic carbocycles. The number of methoxy groups -OCH3 is 1. The first-order valence-corrected chi connectivity index (χ1v) is 7.80. The lowest BCUT2D eigenvalue weighted by Gasteiger charge is -2.13. The summed E-state index contributed by atoms with van der Waals surface area (Å²) in [5, 5.41) is 1.67. The molecule has 0 unspecified atom stereocenters. The van der Waals surface area contributed by atoms with Crippen molar-refractivity contribution in [2.75, 3.05) is 19.0 Å². The van der Waals surface area contributed by atoms with Crippen molar-refractivity contribution in [3.8, 4) is 0 Å². The number of ether oxygens (including phenoxy) is 1. The molecule has 0 saturated carbocycles. The lowest BCUT2D eigenvalue weighted by atomic mass is 10.2. The Balaban J connectivity index is 1.95. The van der Waals surface area contributed by atoms with Crippen LogP contribution in [0.3, 0.4) is 0 Å². The molecule has 1 fully saturated rings. The van der Waals surface area contributed by atoms with Gasteiger partial charge in [-0.1, -0.05) is 23.4 Å². The number of nitrogens with one attached hydrogen (secondary N) is 1. The summed E-state index contributed by atoms with van der Waals surface area (Å²) < 4.78 is 4.48. The van der Waals surface area contributed by atoms with Gasteiger partial charge < -0.3 is 10.1 Å². The summed E-state index contributed by atoms with van der Waals surface area (Å²) in [6.07, 6.45) is -0.207. The van der Waals surface area contributed by atoms with Crippen LogP contribution in [-0.4, -0.2) is 46.8 Å². The molecule has 1 aromatic rings. The molecule has 0 spiro atoms. The number of carbonyl (C=O) groups is 4. The summed E-state index contributed by atoms with van der Waals surface area (Å²) >= 11 is 6.46. The number of amides is 3. The number of halogens is 1.